The van der Waals surface area contributed by atoms with Gasteiger partial charge in [0.1, 0.15) is 5.84 Å². The number of amides is 1. The van der Waals surface area contributed by atoms with E-state index >= 15 is 0 Å². The van der Waals surface area contributed by atoms with Crippen LogP contribution in [0.15, 0.2) is 29.3 Å². The number of hydrogen-bond donors (Lipinski definition) is 1. The van der Waals surface area contributed by atoms with Crippen molar-refractivity contribution in [1.29, 1.82) is 0 Å². The molecule has 0 spiro atoms. The van der Waals surface area contributed by atoms with Gasteiger partial charge in [-0.05, 0) is 31.5 Å². The summed E-state index contributed by atoms with van der Waals surface area (Å²) in [5, 5.41) is 0. The molecule has 0 saturated heterocycles. The predicted octanol–water partition coefficient (Wildman–Crippen LogP) is 1.76. The molecule has 1 amide bonds. The Morgan fingerprint density at radius 2 is 1.94 bits per heavy atom. The molecule has 1 heterocycles. The number of anilines is 1. The molecular formula is C13H17N3O. The summed E-state index contributed by atoms with van der Waals surface area (Å²) in [6.07, 6.45) is 0.394. The summed E-state index contributed by atoms with van der Waals surface area (Å²) in [5.41, 5.74) is 6.93. The molecule has 2 N–H and O–H groups in total. The predicted molar refractivity (Wildman–Crippen MR) is 68.7 cm³/mol. The zero-order chi connectivity index (χ0) is 12.6. The third-order valence-corrected chi connectivity index (χ3v) is 3.30. The van der Waals surface area contributed by atoms with Crippen molar-refractivity contribution < 1.29 is 4.79 Å². The number of amidine groups is 1. The Hall–Kier alpha value is -1.84. The van der Waals surface area contributed by atoms with Crippen LogP contribution in [-0.2, 0) is 10.3 Å². The normalized spacial score (nSPS) is 24.8. The number of nitrogen functional groups attached to an aromatic ring is 1. The van der Waals surface area contributed by atoms with Gasteiger partial charge in [-0.1, -0.05) is 12.1 Å². The first-order valence-electron chi connectivity index (χ1n) is 5.61. The van der Waals surface area contributed by atoms with E-state index in [2.05, 4.69) is 4.99 Å². The average Bonchev–Trinajstić information content (AvgIpc) is 2.26. The van der Waals surface area contributed by atoms with Gasteiger partial charge in [0.2, 0.25) is 5.91 Å². The number of aliphatic imine (C=N–C) groups is 1. The molecule has 1 atom stereocenters. The maximum Gasteiger partial charge on any atom is 0.230 e. The lowest BCUT2D eigenvalue weighted by atomic mass is 9.87. The molecule has 1 aromatic carbocycles. The van der Waals surface area contributed by atoms with Crippen LogP contribution in [0.3, 0.4) is 0 Å². The summed E-state index contributed by atoms with van der Waals surface area (Å²) in [5.74, 6) is 0.845. The quantitative estimate of drug-likeness (QED) is 0.749. The van der Waals surface area contributed by atoms with Crippen molar-refractivity contribution in [3.63, 3.8) is 0 Å². The zero-order valence-corrected chi connectivity index (χ0v) is 10.4. The standard InChI is InChI=1S/C13H17N3O/c1-9-15-13(2,8-12(17)16(9)3)10-4-6-11(14)7-5-10/h4-7H,8,14H2,1-3H3/t13-/m0/s1. The minimum Gasteiger partial charge on any atom is -0.399 e. The highest BCUT2D eigenvalue weighted by atomic mass is 16.2. The number of benzene rings is 1. The van der Waals surface area contributed by atoms with Gasteiger partial charge in [-0.25, -0.2) is 0 Å². The van der Waals surface area contributed by atoms with Crippen LogP contribution in [-0.4, -0.2) is 23.7 Å². The van der Waals surface area contributed by atoms with E-state index in [4.69, 9.17) is 5.73 Å². The largest absolute Gasteiger partial charge is 0.399 e. The van der Waals surface area contributed by atoms with Gasteiger partial charge in [0.25, 0.3) is 0 Å². The summed E-state index contributed by atoms with van der Waals surface area (Å²) in [6.45, 7) is 3.83. The molecule has 0 saturated carbocycles. The lowest BCUT2D eigenvalue weighted by molar-refractivity contribution is -0.128. The maximum absolute atomic E-state index is 11.9. The maximum atomic E-state index is 11.9. The second-order valence-electron chi connectivity index (χ2n) is 4.68. The third kappa shape index (κ3) is 2.02. The van der Waals surface area contributed by atoms with E-state index in [1.807, 2.05) is 38.1 Å². The van der Waals surface area contributed by atoms with Crippen molar-refractivity contribution in [2.24, 2.45) is 4.99 Å². The van der Waals surface area contributed by atoms with Crippen molar-refractivity contribution in [3.05, 3.63) is 29.8 Å². The Morgan fingerprint density at radius 1 is 1.35 bits per heavy atom. The lowest BCUT2D eigenvalue weighted by Crippen LogP contribution is -2.42. The average molecular weight is 231 g/mol. The van der Waals surface area contributed by atoms with Gasteiger partial charge in [0.15, 0.2) is 0 Å². The Balaban J connectivity index is 2.43. The van der Waals surface area contributed by atoms with Crippen LogP contribution in [0, 0.1) is 0 Å². The monoisotopic (exact) mass is 231 g/mol. The number of hydrogen-bond acceptors (Lipinski definition) is 3. The van der Waals surface area contributed by atoms with Crippen molar-refractivity contribution in [3.8, 4) is 0 Å². The fourth-order valence-electron chi connectivity index (χ4n) is 2.07. The fourth-order valence-corrected chi connectivity index (χ4v) is 2.07. The molecule has 4 heteroatoms. The Labute approximate surface area is 101 Å². The Morgan fingerprint density at radius 3 is 2.47 bits per heavy atom. The summed E-state index contributed by atoms with van der Waals surface area (Å²) in [7, 11) is 1.75. The van der Waals surface area contributed by atoms with E-state index < -0.39 is 5.54 Å². The third-order valence-electron chi connectivity index (χ3n) is 3.30. The van der Waals surface area contributed by atoms with E-state index in [0.717, 1.165) is 17.1 Å². The summed E-state index contributed by atoms with van der Waals surface area (Å²) in [4.78, 5) is 18.1. The Bertz CT molecular complexity index is 478. The number of carbonyl (C=O) groups excluding carboxylic acids is 1. The molecule has 0 bridgehead atoms. The summed E-state index contributed by atoms with van der Waals surface area (Å²) >= 11 is 0. The van der Waals surface area contributed by atoms with Gasteiger partial charge in [0, 0.05) is 12.7 Å². The van der Waals surface area contributed by atoms with Crippen LogP contribution in [0.2, 0.25) is 0 Å². The number of rotatable bonds is 1. The van der Waals surface area contributed by atoms with Gasteiger partial charge < -0.3 is 10.6 Å². The van der Waals surface area contributed by atoms with Crippen LogP contribution < -0.4 is 5.73 Å². The van der Waals surface area contributed by atoms with E-state index in [9.17, 15) is 4.79 Å². The van der Waals surface area contributed by atoms with Crippen LogP contribution in [0.1, 0.15) is 25.8 Å². The van der Waals surface area contributed by atoms with E-state index in [0.29, 0.717) is 6.42 Å². The second-order valence-corrected chi connectivity index (χ2v) is 4.68. The van der Waals surface area contributed by atoms with Crippen molar-refractivity contribution >= 4 is 17.4 Å². The Kier molecular flexibility index (Phi) is 2.65. The van der Waals surface area contributed by atoms with Gasteiger partial charge in [-0.3, -0.25) is 9.79 Å². The molecular weight excluding hydrogens is 214 g/mol. The molecule has 0 unspecified atom stereocenters. The molecule has 0 fully saturated rings. The number of nitrogens with two attached hydrogens (primary N) is 1. The highest BCUT2D eigenvalue weighted by Gasteiger charge is 2.35. The van der Waals surface area contributed by atoms with Gasteiger partial charge >= 0.3 is 0 Å². The fraction of sp³-hybridized carbons (Fsp3) is 0.385. The molecule has 4 nitrogen and oxygen atoms in total. The smallest absolute Gasteiger partial charge is 0.230 e. The van der Waals surface area contributed by atoms with Crippen molar-refractivity contribution in [2.45, 2.75) is 25.8 Å². The van der Waals surface area contributed by atoms with Crippen molar-refractivity contribution in [1.82, 2.24) is 4.90 Å². The minimum absolute atomic E-state index is 0.0943. The molecule has 0 aliphatic carbocycles. The molecule has 1 aromatic rings. The van der Waals surface area contributed by atoms with Crippen LogP contribution in [0.5, 0.6) is 0 Å². The second kappa shape index (κ2) is 3.87. The molecule has 90 valence electrons. The first kappa shape index (κ1) is 11.6. The van der Waals surface area contributed by atoms with Gasteiger partial charge in [-0.2, -0.15) is 0 Å². The molecule has 2 rings (SSSR count). The topological polar surface area (TPSA) is 58.7 Å². The number of carbonyl (C=O) groups is 1. The van der Waals surface area contributed by atoms with Crippen LogP contribution in [0.25, 0.3) is 0 Å². The molecule has 17 heavy (non-hydrogen) atoms. The SMILES string of the molecule is CC1=N[C@](C)(c2ccc(N)cc2)CC(=O)N1C. The summed E-state index contributed by atoms with van der Waals surface area (Å²) < 4.78 is 0. The van der Waals surface area contributed by atoms with E-state index in [1.165, 1.54) is 0 Å². The minimum atomic E-state index is -0.471. The summed E-state index contributed by atoms with van der Waals surface area (Å²) in [6, 6.07) is 7.55. The van der Waals surface area contributed by atoms with Crippen LogP contribution >= 0.6 is 0 Å². The molecule has 1 aliphatic heterocycles. The van der Waals surface area contributed by atoms with Crippen LogP contribution in [0.4, 0.5) is 5.69 Å². The highest BCUT2D eigenvalue weighted by molar-refractivity contribution is 5.99. The number of nitrogens with zero attached hydrogens (tertiary/aromatic N) is 2. The molecule has 0 radical (unpaired) electrons. The van der Waals surface area contributed by atoms with E-state index in [-0.39, 0.29) is 5.91 Å². The zero-order valence-electron chi connectivity index (χ0n) is 10.4. The van der Waals surface area contributed by atoms with Crippen molar-refractivity contribution in [2.75, 3.05) is 12.8 Å². The first-order chi connectivity index (χ1) is 7.92. The lowest BCUT2D eigenvalue weighted by Gasteiger charge is -2.34. The van der Waals surface area contributed by atoms with Gasteiger partial charge in [-0.15, -0.1) is 0 Å². The highest BCUT2D eigenvalue weighted by Crippen LogP contribution is 2.33. The van der Waals surface area contributed by atoms with E-state index in [1.54, 1.807) is 11.9 Å². The molecule has 0 aromatic heterocycles. The molecule has 1 aliphatic rings. The first-order valence-corrected chi connectivity index (χ1v) is 5.61. The van der Waals surface area contributed by atoms with Gasteiger partial charge in [0.05, 0.1) is 12.0 Å².